The summed E-state index contributed by atoms with van der Waals surface area (Å²) in [7, 11) is -1.49. The average Bonchev–Trinajstić information content (AvgIpc) is 2.76. The van der Waals surface area contributed by atoms with Gasteiger partial charge in [0.15, 0.2) is 0 Å². The number of alkyl halides is 3. The monoisotopic (exact) mass is 319 g/mol. The van der Waals surface area contributed by atoms with Crippen LogP contribution in [0.1, 0.15) is 12.6 Å². The first-order chi connectivity index (χ1) is 9.76. The molecule has 0 aromatic carbocycles. The quantitative estimate of drug-likeness (QED) is 0.923. The lowest BCUT2D eigenvalue weighted by atomic mass is 10.3. The number of pyridine rings is 1. The van der Waals surface area contributed by atoms with Gasteiger partial charge in [0.1, 0.15) is 17.6 Å². The topological polar surface area (TPSA) is 86.7 Å². The van der Waals surface area contributed by atoms with Gasteiger partial charge in [0.05, 0.1) is 28.1 Å². The number of aromatic nitrogens is 4. The van der Waals surface area contributed by atoms with Crippen molar-refractivity contribution in [2.45, 2.75) is 24.9 Å². The van der Waals surface area contributed by atoms with Crippen molar-refractivity contribution in [3.8, 4) is 0 Å². The van der Waals surface area contributed by atoms with E-state index in [9.17, 15) is 17.4 Å². The Morgan fingerprint density at radius 1 is 1.52 bits per heavy atom. The molecule has 2 N–H and O–H groups in total. The maximum absolute atomic E-state index is 12.4. The van der Waals surface area contributed by atoms with Crippen LogP contribution >= 0.6 is 0 Å². The zero-order chi connectivity index (χ0) is 15.6. The van der Waals surface area contributed by atoms with Crippen LogP contribution in [-0.4, -0.2) is 35.6 Å². The summed E-state index contributed by atoms with van der Waals surface area (Å²) in [5.41, 5.74) is 0.967. The highest BCUT2D eigenvalue weighted by Crippen LogP contribution is 2.20. The fourth-order valence-corrected chi connectivity index (χ4v) is 1.81. The highest BCUT2D eigenvalue weighted by atomic mass is 32.2. The minimum atomic E-state index is -4.38. The Labute approximate surface area is 120 Å². The van der Waals surface area contributed by atoms with E-state index in [2.05, 4.69) is 15.3 Å². The van der Waals surface area contributed by atoms with Crippen molar-refractivity contribution in [1.29, 1.82) is 0 Å². The van der Waals surface area contributed by atoms with Gasteiger partial charge in [-0.1, -0.05) is 11.3 Å². The van der Waals surface area contributed by atoms with Crippen molar-refractivity contribution >= 4 is 28.1 Å². The Kier molecular flexibility index (Phi) is 4.37. The molecule has 0 radical (unpaired) electrons. The SMILES string of the molecule is CC(C=Cc1cc2nnn(CC(F)(F)F)c2cn1)S(N)=O. The number of fused-ring (bicyclic) bond motifs is 1. The second kappa shape index (κ2) is 5.90. The van der Waals surface area contributed by atoms with Crippen LogP contribution in [0.25, 0.3) is 17.1 Å². The second-order valence-corrected chi connectivity index (χ2v) is 5.75. The Balaban J connectivity index is 2.26. The minimum absolute atomic E-state index is 0.194. The molecule has 2 heterocycles. The Morgan fingerprint density at radius 2 is 2.24 bits per heavy atom. The van der Waals surface area contributed by atoms with Crippen LogP contribution in [0, 0.1) is 0 Å². The first-order valence-electron chi connectivity index (χ1n) is 5.85. The molecule has 0 aliphatic carbocycles. The largest absolute Gasteiger partial charge is 0.408 e. The standard InChI is InChI=1S/C11H12F3N5OS/c1-7(21(15)20)2-3-8-4-9-10(5-16-8)19(18-17-9)6-11(12,13)14/h2-5,7H,6,15H2,1H3. The van der Waals surface area contributed by atoms with Crippen molar-refractivity contribution in [2.24, 2.45) is 5.14 Å². The van der Waals surface area contributed by atoms with Gasteiger partial charge in [-0.05, 0) is 19.1 Å². The smallest absolute Gasteiger partial charge is 0.255 e. The molecule has 0 aliphatic rings. The first-order valence-corrected chi connectivity index (χ1v) is 7.13. The van der Waals surface area contributed by atoms with E-state index < -0.39 is 23.7 Å². The molecule has 6 nitrogen and oxygen atoms in total. The first kappa shape index (κ1) is 15.6. The molecule has 0 saturated carbocycles. The molecule has 0 spiro atoms. The maximum Gasteiger partial charge on any atom is 0.408 e. The zero-order valence-corrected chi connectivity index (χ0v) is 11.7. The van der Waals surface area contributed by atoms with Gasteiger partial charge in [0, 0.05) is 0 Å². The van der Waals surface area contributed by atoms with Gasteiger partial charge in [-0.3, -0.25) is 10.1 Å². The Bertz CT molecular complexity index is 697. The van der Waals surface area contributed by atoms with E-state index >= 15 is 0 Å². The number of rotatable bonds is 4. The summed E-state index contributed by atoms with van der Waals surface area (Å²) < 4.78 is 48.8. The molecule has 2 atom stereocenters. The summed E-state index contributed by atoms with van der Waals surface area (Å²) in [5.74, 6) is 0. The normalized spacial score (nSPS) is 15.7. The minimum Gasteiger partial charge on any atom is -0.255 e. The van der Waals surface area contributed by atoms with Gasteiger partial charge in [-0.15, -0.1) is 5.10 Å². The summed E-state index contributed by atoms with van der Waals surface area (Å²) in [4.78, 5) is 4.01. The van der Waals surface area contributed by atoms with Crippen LogP contribution in [0.5, 0.6) is 0 Å². The fourth-order valence-electron chi connectivity index (χ4n) is 1.57. The van der Waals surface area contributed by atoms with Gasteiger partial charge in [0.2, 0.25) is 0 Å². The fraction of sp³-hybridized carbons (Fsp3) is 0.364. The predicted octanol–water partition coefficient (Wildman–Crippen LogP) is 1.41. The van der Waals surface area contributed by atoms with Crippen LogP contribution in [0.4, 0.5) is 13.2 Å². The maximum atomic E-state index is 12.4. The Hall–Kier alpha value is -1.81. The molecule has 2 aromatic rings. The lowest BCUT2D eigenvalue weighted by Gasteiger charge is -2.05. The second-order valence-electron chi connectivity index (χ2n) is 4.35. The van der Waals surface area contributed by atoms with Crippen LogP contribution in [0.3, 0.4) is 0 Å². The van der Waals surface area contributed by atoms with E-state index in [0.29, 0.717) is 11.2 Å². The third kappa shape index (κ3) is 4.08. The third-order valence-corrected chi connectivity index (χ3v) is 3.54. The number of hydrogen-bond donors (Lipinski definition) is 1. The van der Waals surface area contributed by atoms with Gasteiger partial charge in [0.25, 0.3) is 0 Å². The molecule has 10 heteroatoms. The van der Waals surface area contributed by atoms with E-state index in [1.165, 1.54) is 12.3 Å². The van der Waals surface area contributed by atoms with Crippen LogP contribution in [0.15, 0.2) is 18.3 Å². The number of nitrogens with two attached hydrogens (primary N) is 1. The van der Waals surface area contributed by atoms with Crippen LogP contribution in [-0.2, 0) is 17.5 Å². The average molecular weight is 319 g/mol. The molecule has 2 unspecified atom stereocenters. The van der Waals surface area contributed by atoms with Crippen LogP contribution < -0.4 is 5.14 Å². The molecule has 0 fully saturated rings. The molecular weight excluding hydrogens is 307 g/mol. The lowest BCUT2D eigenvalue weighted by Crippen LogP contribution is -2.18. The van der Waals surface area contributed by atoms with Gasteiger partial charge < -0.3 is 0 Å². The highest BCUT2D eigenvalue weighted by molar-refractivity contribution is 7.83. The summed E-state index contributed by atoms with van der Waals surface area (Å²) in [6.45, 7) is 0.453. The zero-order valence-electron chi connectivity index (χ0n) is 10.9. The molecule has 21 heavy (non-hydrogen) atoms. The van der Waals surface area contributed by atoms with Crippen LogP contribution in [0.2, 0.25) is 0 Å². The van der Waals surface area contributed by atoms with Gasteiger partial charge in [-0.25, -0.2) is 8.89 Å². The number of hydrogen-bond acceptors (Lipinski definition) is 4. The molecular formula is C11H12F3N5OS. The van der Waals surface area contributed by atoms with E-state index in [0.717, 1.165) is 4.68 Å². The third-order valence-electron chi connectivity index (χ3n) is 2.65. The number of halogens is 3. The van der Waals surface area contributed by atoms with E-state index in [1.54, 1.807) is 19.1 Å². The van der Waals surface area contributed by atoms with Gasteiger partial charge >= 0.3 is 6.18 Å². The van der Waals surface area contributed by atoms with E-state index in [1.807, 2.05) is 0 Å². The lowest BCUT2D eigenvalue weighted by molar-refractivity contribution is -0.142. The van der Waals surface area contributed by atoms with Crippen molar-refractivity contribution in [2.75, 3.05) is 0 Å². The number of nitrogens with zero attached hydrogens (tertiary/aromatic N) is 4. The highest BCUT2D eigenvalue weighted by Gasteiger charge is 2.29. The van der Waals surface area contributed by atoms with Crippen molar-refractivity contribution in [3.05, 3.63) is 24.0 Å². The Morgan fingerprint density at radius 3 is 2.86 bits per heavy atom. The molecule has 0 aliphatic heterocycles. The van der Waals surface area contributed by atoms with Crippen molar-refractivity contribution in [3.63, 3.8) is 0 Å². The molecule has 114 valence electrons. The molecule has 0 saturated heterocycles. The predicted molar refractivity (Wildman–Crippen MR) is 72.2 cm³/mol. The molecule has 2 rings (SSSR count). The van der Waals surface area contributed by atoms with E-state index in [4.69, 9.17) is 5.14 Å². The summed E-state index contributed by atoms with van der Waals surface area (Å²) >= 11 is 0. The summed E-state index contributed by atoms with van der Waals surface area (Å²) in [6.07, 6.45) is 0.0761. The molecule has 0 amide bonds. The van der Waals surface area contributed by atoms with Crippen molar-refractivity contribution < 1.29 is 17.4 Å². The van der Waals surface area contributed by atoms with E-state index in [-0.39, 0.29) is 10.8 Å². The molecule has 2 aromatic heterocycles. The van der Waals surface area contributed by atoms with Crippen molar-refractivity contribution in [1.82, 2.24) is 20.0 Å². The summed E-state index contributed by atoms with van der Waals surface area (Å²) in [5, 5.41) is 12.0. The summed E-state index contributed by atoms with van der Waals surface area (Å²) in [6, 6.07) is 1.50. The van der Waals surface area contributed by atoms with Gasteiger partial charge in [-0.2, -0.15) is 13.2 Å². The molecule has 0 bridgehead atoms.